The van der Waals surface area contributed by atoms with E-state index in [9.17, 15) is 19.1 Å². The van der Waals surface area contributed by atoms with E-state index in [0.29, 0.717) is 10.0 Å². The van der Waals surface area contributed by atoms with Crippen LogP contribution in [0.25, 0.3) is 0 Å². The molecule has 8 heteroatoms. The minimum absolute atomic E-state index is 0.0968. The van der Waals surface area contributed by atoms with Gasteiger partial charge in [0.1, 0.15) is 17.6 Å². The molecule has 0 radical (unpaired) electrons. The number of phenols is 1. The van der Waals surface area contributed by atoms with Gasteiger partial charge in [-0.1, -0.05) is 13.8 Å². The predicted octanol–water partition coefficient (Wildman–Crippen LogP) is 3.20. The van der Waals surface area contributed by atoms with E-state index in [-0.39, 0.29) is 17.2 Å². The normalized spacial score (nSPS) is 12.2. The molecule has 142 valence electrons. The molecule has 2 aromatic rings. The number of phenolic OH excluding ortho intramolecular Hbond substituents is 1. The maximum Gasteiger partial charge on any atom is 0.262 e. The Morgan fingerprint density at radius 3 is 2.44 bits per heavy atom. The number of nitrogens with one attached hydrogen (secondary N) is 2. The van der Waals surface area contributed by atoms with E-state index in [2.05, 4.69) is 31.8 Å². The highest BCUT2D eigenvalue weighted by Gasteiger charge is 2.24. The fourth-order valence-electron chi connectivity index (χ4n) is 2.20. The Kier molecular flexibility index (Phi) is 7.06. The SMILES string of the molecule is CC(C)C(NC(=O)c1ccc(F)cc1)C(=O)NN=Cc1ccc(O)c(Br)c1. The van der Waals surface area contributed by atoms with E-state index in [1.54, 1.807) is 26.0 Å². The van der Waals surface area contributed by atoms with Crippen molar-refractivity contribution in [3.05, 3.63) is 63.9 Å². The first-order chi connectivity index (χ1) is 12.8. The molecule has 0 fully saturated rings. The number of nitrogens with zero attached hydrogens (tertiary/aromatic N) is 1. The summed E-state index contributed by atoms with van der Waals surface area (Å²) in [6, 6.07) is 9.01. The van der Waals surface area contributed by atoms with Gasteiger partial charge >= 0.3 is 0 Å². The molecular weight excluding hydrogens is 417 g/mol. The largest absolute Gasteiger partial charge is 0.507 e. The summed E-state index contributed by atoms with van der Waals surface area (Å²) >= 11 is 3.19. The number of benzene rings is 2. The van der Waals surface area contributed by atoms with E-state index >= 15 is 0 Å². The van der Waals surface area contributed by atoms with Crippen LogP contribution in [0.5, 0.6) is 5.75 Å². The fourth-order valence-corrected chi connectivity index (χ4v) is 2.60. The van der Waals surface area contributed by atoms with Crippen molar-refractivity contribution < 1.29 is 19.1 Å². The summed E-state index contributed by atoms with van der Waals surface area (Å²) in [4.78, 5) is 24.6. The van der Waals surface area contributed by atoms with Crippen LogP contribution in [0.2, 0.25) is 0 Å². The number of halogens is 2. The van der Waals surface area contributed by atoms with Crippen LogP contribution in [0, 0.1) is 11.7 Å². The first-order valence-corrected chi connectivity index (χ1v) is 8.95. The number of carbonyl (C=O) groups is 2. The maximum atomic E-state index is 13.0. The highest BCUT2D eigenvalue weighted by Crippen LogP contribution is 2.23. The van der Waals surface area contributed by atoms with Crippen molar-refractivity contribution in [1.29, 1.82) is 0 Å². The molecule has 0 aliphatic heterocycles. The molecule has 0 aromatic heterocycles. The fraction of sp³-hybridized carbons (Fsp3) is 0.211. The highest BCUT2D eigenvalue weighted by molar-refractivity contribution is 9.10. The van der Waals surface area contributed by atoms with Gasteiger partial charge in [0.25, 0.3) is 11.8 Å². The van der Waals surface area contributed by atoms with E-state index in [4.69, 9.17) is 0 Å². The summed E-state index contributed by atoms with van der Waals surface area (Å²) in [5.41, 5.74) is 3.31. The second kappa shape index (κ2) is 9.27. The van der Waals surface area contributed by atoms with Crippen LogP contribution in [0.1, 0.15) is 29.8 Å². The third-order valence-electron chi connectivity index (χ3n) is 3.70. The number of carbonyl (C=O) groups excluding carboxylic acids is 2. The van der Waals surface area contributed by atoms with Gasteiger partial charge in [-0.2, -0.15) is 5.10 Å². The summed E-state index contributed by atoms with van der Waals surface area (Å²) in [6.45, 7) is 3.58. The maximum absolute atomic E-state index is 13.0. The molecule has 0 saturated carbocycles. The molecular formula is C19H19BrFN3O3. The van der Waals surface area contributed by atoms with E-state index in [1.807, 2.05) is 0 Å². The Labute approximate surface area is 164 Å². The molecule has 2 rings (SSSR count). The van der Waals surface area contributed by atoms with Crippen LogP contribution in [0.15, 0.2) is 52.0 Å². The van der Waals surface area contributed by atoms with Gasteiger partial charge < -0.3 is 10.4 Å². The quantitative estimate of drug-likeness (QED) is 0.480. The summed E-state index contributed by atoms with van der Waals surface area (Å²) < 4.78 is 13.5. The third kappa shape index (κ3) is 5.89. The van der Waals surface area contributed by atoms with Crippen molar-refractivity contribution >= 4 is 34.0 Å². The van der Waals surface area contributed by atoms with Crippen molar-refractivity contribution in [2.24, 2.45) is 11.0 Å². The third-order valence-corrected chi connectivity index (χ3v) is 4.34. The lowest BCUT2D eigenvalue weighted by atomic mass is 10.0. The Bertz CT molecular complexity index is 854. The van der Waals surface area contributed by atoms with Crippen molar-refractivity contribution in [3.8, 4) is 5.75 Å². The van der Waals surface area contributed by atoms with Gasteiger partial charge in [0, 0.05) is 5.56 Å². The molecule has 0 saturated heterocycles. The second-order valence-corrected chi connectivity index (χ2v) is 7.00. The number of hydrogen-bond donors (Lipinski definition) is 3. The van der Waals surface area contributed by atoms with Crippen molar-refractivity contribution in [1.82, 2.24) is 10.7 Å². The lowest BCUT2D eigenvalue weighted by Crippen LogP contribution is -2.48. The molecule has 6 nitrogen and oxygen atoms in total. The lowest BCUT2D eigenvalue weighted by Gasteiger charge is -2.20. The van der Waals surface area contributed by atoms with Crippen molar-refractivity contribution in [2.75, 3.05) is 0 Å². The summed E-state index contributed by atoms with van der Waals surface area (Å²) in [6.07, 6.45) is 1.42. The molecule has 2 aromatic carbocycles. The van der Waals surface area contributed by atoms with Gasteiger partial charge in [-0.3, -0.25) is 9.59 Å². The van der Waals surface area contributed by atoms with Crippen LogP contribution >= 0.6 is 15.9 Å². The Balaban J connectivity index is 2.01. The van der Waals surface area contributed by atoms with E-state index in [1.165, 1.54) is 36.5 Å². The van der Waals surface area contributed by atoms with Gasteiger partial charge in [-0.25, -0.2) is 9.82 Å². The van der Waals surface area contributed by atoms with Crippen molar-refractivity contribution in [3.63, 3.8) is 0 Å². The second-order valence-electron chi connectivity index (χ2n) is 6.15. The topological polar surface area (TPSA) is 90.8 Å². The van der Waals surface area contributed by atoms with Gasteiger partial charge in [-0.15, -0.1) is 0 Å². The lowest BCUT2D eigenvalue weighted by molar-refractivity contribution is -0.123. The molecule has 3 N–H and O–H groups in total. The molecule has 1 atom stereocenters. The van der Waals surface area contributed by atoms with E-state index < -0.39 is 23.7 Å². The predicted molar refractivity (Wildman–Crippen MR) is 104 cm³/mol. The zero-order chi connectivity index (χ0) is 20.0. The van der Waals surface area contributed by atoms with Gasteiger partial charge in [-0.05, 0) is 69.9 Å². The number of rotatable bonds is 6. The van der Waals surface area contributed by atoms with Crippen LogP contribution in [0.3, 0.4) is 0 Å². The Morgan fingerprint density at radius 2 is 1.85 bits per heavy atom. The van der Waals surface area contributed by atoms with Crippen LogP contribution in [0.4, 0.5) is 4.39 Å². The number of hydrogen-bond acceptors (Lipinski definition) is 4. The van der Waals surface area contributed by atoms with Crippen molar-refractivity contribution in [2.45, 2.75) is 19.9 Å². The zero-order valence-corrected chi connectivity index (χ0v) is 16.3. The molecule has 0 spiro atoms. The molecule has 0 aliphatic carbocycles. The minimum Gasteiger partial charge on any atom is -0.507 e. The average Bonchev–Trinajstić information content (AvgIpc) is 2.62. The van der Waals surface area contributed by atoms with Crippen LogP contribution in [-0.4, -0.2) is 29.2 Å². The molecule has 0 bridgehead atoms. The summed E-state index contributed by atoms with van der Waals surface area (Å²) in [5, 5.41) is 16.0. The number of aromatic hydroxyl groups is 1. The van der Waals surface area contributed by atoms with Gasteiger partial charge in [0.2, 0.25) is 0 Å². The standard InChI is InChI=1S/C19H19BrFN3O3/c1-11(2)17(23-18(26)13-4-6-14(21)7-5-13)19(27)24-22-10-12-3-8-16(25)15(20)9-12/h3-11,17,25H,1-2H3,(H,23,26)(H,24,27). The molecule has 0 aliphatic rings. The number of amides is 2. The molecule has 1 unspecified atom stereocenters. The monoisotopic (exact) mass is 435 g/mol. The smallest absolute Gasteiger partial charge is 0.262 e. The Hall–Kier alpha value is -2.74. The van der Waals surface area contributed by atoms with Crippen LogP contribution < -0.4 is 10.7 Å². The van der Waals surface area contributed by atoms with Gasteiger partial charge in [0.05, 0.1) is 10.7 Å². The highest BCUT2D eigenvalue weighted by atomic mass is 79.9. The zero-order valence-electron chi connectivity index (χ0n) is 14.7. The first kappa shape index (κ1) is 20.6. The molecule has 0 heterocycles. The van der Waals surface area contributed by atoms with Gasteiger partial charge in [0.15, 0.2) is 0 Å². The van der Waals surface area contributed by atoms with E-state index in [0.717, 1.165) is 0 Å². The molecule has 2 amide bonds. The first-order valence-electron chi connectivity index (χ1n) is 8.16. The van der Waals surface area contributed by atoms with Crippen LogP contribution in [-0.2, 0) is 4.79 Å². The average molecular weight is 436 g/mol. The molecule has 27 heavy (non-hydrogen) atoms. The summed E-state index contributed by atoms with van der Waals surface area (Å²) in [7, 11) is 0. The minimum atomic E-state index is -0.814. The number of hydrazone groups is 1. The Morgan fingerprint density at radius 1 is 1.19 bits per heavy atom. The summed E-state index contributed by atoms with van der Waals surface area (Å²) in [5.74, 6) is -1.49.